The van der Waals surface area contributed by atoms with Crippen LogP contribution in [-0.2, 0) is 13.1 Å². The molecule has 2 N–H and O–H groups in total. The predicted octanol–water partition coefficient (Wildman–Crippen LogP) is 2.87. The number of amides is 2. The highest BCUT2D eigenvalue weighted by Gasteiger charge is 2.15. The molecule has 142 valence electrons. The SMILES string of the molecule is CCn1nc(C)c(CNC(=O)Nc2cc(OC)c(OC)c(OC)c2)c1C. The van der Waals surface area contributed by atoms with Gasteiger partial charge in [-0.15, -0.1) is 0 Å². The number of aryl methyl sites for hydroxylation is 2. The molecular weight excluding hydrogens is 336 g/mol. The average Bonchev–Trinajstić information content (AvgIpc) is 2.92. The predicted molar refractivity (Wildman–Crippen MR) is 99.3 cm³/mol. The molecule has 8 nitrogen and oxygen atoms in total. The molecule has 2 aromatic rings. The van der Waals surface area contributed by atoms with Crippen molar-refractivity contribution in [2.45, 2.75) is 33.9 Å². The van der Waals surface area contributed by atoms with E-state index in [1.807, 2.05) is 25.5 Å². The van der Waals surface area contributed by atoms with Gasteiger partial charge in [0.2, 0.25) is 5.75 Å². The summed E-state index contributed by atoms with van der Waals surface area (Å²) in [5.41, 5.74) is 3.53. The van der Waals surface area contributed by atoms with Crippen LogP contribution >= 0.6 is 0 Å². The van der Waals surface area contributed by atoms with Gasteiger partial charge in [0.1, 0.15) is 0 Å². The van der Waals surface area contributed by atoms with E-state index in [1.54, 1.807) is 12.1 Å². The Morgan fingerprint density at radius 1 is 1.12 bits per heavy atom. The van der Waals surface area contributed by atoms with E-state index in [1.165, 1.54) is 21.3 Å². The summed E-state index contributed by atoms with van der Waals surface area (Å²) in [6, 6.07) is 3.02. The number of carbonyl (C=O) groups is 1. The molecule has 2 amide bonds. The minimum atomic E-state index is -0.331. The standard InChI is InChI=1S/C18H26N4O4/c1-7-22-12(3)14(11(2)21-22)10-19-18(23)20-13-8-15(24-4)17(26-6)16(9-13)25-5/h8-9H,7,10H2,1-6H3,(H2,19,20,23). The highest BCUT2D eigenvalue weighted by atomic mass is 16.5. The van der Waals surface area contributed by atoms with Crippen molar-refractivity contribution in [3.8, 4) is 17.2 Å². The molecule has 0 fully saturated rings. The van der Waals surface area contributed by atoms with E-state index in [-0.39, 0.29) is 6.03 Å². The highest BCUT2D eigenvalue weighted by molar-refractivity contribution is 5.90. The molecular formula is C18H26N4O4. The maximum atomic E-state index is 12.3. The summed E-state index contributed by atoms with van der Waals surface area (Å²) in [5, 5.41) is 10.1. The summed E-state index contributed by atoms with van der Waals surface area (Å²) in [5.74, 6) is 1.41. The molecule has 1 aromatic carbocycles. The molecule has 1 aromatic heterocycles. The molecule has 0 atom stereocenters. The van der Waals surface area contributed by atoms with Gasteiger partial charge in [0, 0.05) is 36.5 Å². The number of hydrogen-bond acceptors (Lipinski definition) is 5. The fourth-order valence-electron chi connectivity index (χ4n) is 2.79. The Morgan fingerprint density at radius 2 is 1.73 bits per heavy atom. The summed E-state index contributed by atoms with van der Waals surface area (Å²) in [4.78, 5) is 12.3. The second-order valence-electron chi connectivity index (χ2n) is 5.69. The van der Waals surface area contributed by atoms with E-state index in [9.17, 15) is 4.79 Å². The van der Waals surface area contributed by atoms with Gasteiger partial charge < -0.3 is 24.8 Å². The highest BCUT2D eigenvalue weighted by Crippen LogP contribution is 2.39. The van der Waals surface area contributed by atoms with E-state index >= 15 is 0 Å². The quantitative estimate of drug-likeness (QED) is 0.791. The zero-order chi connectivity index (χ0) is 19.3. The van der Waals surface area contributed by atoms with Crippen molar-refractivity contribution >= 4 is 11.7 Å². The van der Waals surface area contributed by atoms with Crippen LogP contribution in [0.3, 0.4) is 0 Å². The van der Waals surface area contributed by atoms with Crippen molar-refractivity contribution in [1.29, 1.82) is 0 Å². The number of benzene rings is 1. The van der Waals surface area contributed by atoms with Crippen LogP contribution in [0.15, 0.2) is 12.1 Å². The van der Waals surface area contributed by atoms with Crippen molar-refractivity contribution in [2.24, 2.45) is 0 Å². The number of carbonyl (C=O) groups excluding carboxylic acids is 1. The Labute approximate surface area is 153 Å². The first kappa shape index (κ1) is 19.4. The number of anilines is 1. The van der Waals surface area contributed by atoms with Crippen molar-refractivity contribution in [1.82, 2.24) is 15.1 Å². The van der Waals surface area contributed by atoms with E-state index < -0.39 is 0 Å². The van der Waals surface area contributed by atoms with Gasteiger partial charge >= 0.3 is 6.03 Å². The molecule has 0 bridgehead atoms. The Kier molecular flexibility index (Phi) is 6.32. The molecule has 8 heteroatoms. The lowest BCUT2D eigenvalue weighted by Gasteiger charge is -2.15. The zero-order valence-corrected chi connectivity index (χ0v) is 16.1. The minimum absolute atomic E-state index is 0.331. The third kappa shape index (κ3) is 4.01. The molecule has 0 aliphatic carbocycles. The van der Waals surface area contributed by atoms with Crippen molar-refractivity contribution in [3.05, 3.63) is 29.1 Å². The largest absolute Gasteiger partial charge is 0.493 e. The van der Waals surface area contributed by atoms with Crippen LogP contribution in [0.1, 0.15) is 23.9 Å². The van der Waals surface area contributed by atoms with Gasteiger partial charge in [0.15, 0.2) is 11.5 Å². The number of urea groups is 1. The van der Waals surface area contributed by atoms with Gasteiger partial charge in [-0.3, -0.25) is 4.68 Å². The smallest absolute Gasteiger partial charge is 0.319 e. The lowest BCUT2D eigenvalue weighted by atomic mass is 10.2. The zero-order valence-electron chi connectivity index (χ0n) is 16.1. The van der Waals surface area contributed by atoms with Crippen LogP contribution in [-0.4, -0.2) is 37.1 Å². The van der Waals surface area contributed by atoms with Crippen molar-refractivity contribution in [2.75, 3.05) is 26.6 Å². The Balaban J connectivity index is 2.10. The van der Waals surface area contributed by atoms with E-state index in [0.717, 1.165) is 23.5 Å². The van der Waals surface area contributed by atoms with Crippen LogP contribution in [0.5, 0.6) is 17.2 Å². The van der Waals surface area contributed by atoms with E-state index in [0.29, 0.717) is 29.5 Å². The Morgan fingerprint density at radius 3 is 2.19 bits per heavy atom. The number of nitrogens with zero attached hydrogens (tertiary/aromatic N) is 2. The minimum Gasteiger partial charge on any atom is -0.493 e. The summed E-state index contributed by atoms with van der Waals surface area (Å²) in [7, 11) is 4.58. The molecule has 26 heavy (non-hydrogen) atoms. The number of nitrogens with one attached hydrogen (secondary N) is 2. The number of aromatic nitrogens is 2. The van der Waals surface area contributed by atoms with Crippen molar-refractivity contribution in [3.63, 3.8) is 0 Å². The number of hydrogen-bond donors (Lipinski definition) is 2. The molecule has 0 aliphatic heterocycles. The number of ether oxygens (including phenoxy) is 3. The first-order valence-electron chi connectivity index (χ1n) is 8.32. The third-order valence-corrected chi connectivity index (χ3v) is 4.18. The first-order valence-corrected chi connectivity index (χ1v) is 8.32. The maximum Gasteiger partial charge on any atom is 0.319 e. The molecule has 0 saturated carbocycles. The molecule has 0 saturated heterocycles. The number of rotatable bonds is 7. The molecule has 0 unspecified atom stereocenters. The normalized spacial score (nSPS) is 10.4. The Bertz CT molecular complexity index is 761. The number of methoxy groups -OCH3 is 3. The lowest BCUT2D eigenvalue weighted by molar-refractivity contribution is 0.251. The molecule has 2 rings (SSSR count). The third-order valence-electron chi connectivity index (χ3n) is 4.18. The lowest BCUT2D eigenvalue weighted by Crippen LogP contribution is -2.28. The maximum absolute atomic E-state index is 12.3. The molecule has 0 spiro atoms. The van der Waals surface area contributed by atoms with Crippen LogP contribution in [0, 0.1) is 13.8 Å². The summed E-state index contributed by atoms with van der Waals surface area (Å²) in [6.45, 7) is 7.16. The summed E-state index contributed by atoms with van der Waals surface area (Å²) >= 11 is 0. The van der Waals surface area contributed by atoms with Gasteiger partial charge in [0.25, 0.3) is 0 Å². The monoisotopic (exact) mass is 362 g/mol. The van der Waals surface area contributed by atoms with E-state index in [4.69, 9.17) is 14.2 Å². The van der Waals surface area contributed by atoms with Crippen LogP contribution in [0.4, 0.5) is 10.5 Å². The Hall–Kier alpha value is -2.90. The van der Waals surface area contributed by atoms with Gasteiger partial charge in [-0.2, -0.15) is 5.10 Å². The van der Waals surface area contributed by atoms with Gasteiger partial charge in [-0.25, -0.2) is 4.79 Å². The summed E-state index contributed by atoms with van der Waals surface area (Å²) < 4.78 is 17.8. The molecule has 1 heterocycles. The summed E-state index contributed by atoms with van der Waals surface area (Å²) in [6.07, 6.45) is 0. The van der Waals surface area contributed by atoms with Crippen LogP contribution in [0.2, 0.25) is 0 Å². The molecule has 0 radical (unpaired) electrons. The molecule has 0 aliphatic rings. The topological polar surface area (TPSA) is 86.6 Å². The second-order valence-corrected chi connectivity index (χ2v) is 5.69. The van der Waals surface area contributed by atoms with E-state index in [2.05, 4.69) is 15.7 Å². The van der Waals surface area contributed by atoms with Gasteiger partial charge in [0.05, 0.1) is 32.7 Å². The van der Waals surface area contributed by atoms with Crippen LogP contribution in [0.25, 0.3) is 0 Å². The van der Waals surface area contributed by atoms with Crippen LogP contribution < -0.4 is 24.8 Å². The fraction of sp³-hybridized carbons (Fsp3) is 0.444. The van der Waals surface area contributed by atoms with Gasteiger partial charge in [-0.1, -0.05) is 0 Å². The first-order chi connectivity index (χ1) is 12.4. The van der Waals surface area contributed by atoms with Crippen molar-refractivity contribution < 1.29 is 19.0 Å². The second kappa shape index (κ2) is 8.46. The fourth-order valence-corrected chi connectivity index (χ4v) is 2.79. The van der Waals surface area contributed by atoms with Gasteiger partial charge in [-0.05, 0) is 20.8 Å². The average molecular weight is 362 g/mol.